The minimum atomic E-state index is -4.63. The molecule has 0 unspecified atom stereocenters. The lowest BCUT2D eigenvalue weighted by Crippen LogP contribution is -2.37. The van der Waals surface area contributed by atoms with Gasteiger partial charge in [-0.15, -0.1) is 0 Å². The van der Waals surface area contributed by atoms with E-state index in [0.29, 0.717) is 5.56 Å². The van der Waals surface area contributed by atoms with Crippen molar-refractivity contribution in [2.45, 2.75) is 19.1 Å². The third kappa shape index (κ3) is 4.18. The highest BCUT2D eigenvalue weighted by Crippen LogP contribution is 2.30. The number of nitrogens with one attached hydrogen (secondary N) is 1. The Labute approximate surface area is 136 Å². The zero-order valence-corrected chi connectivity index (χ0v) is 13.3. The van der Waals surface area contributed by atoms with Gasteiger partial charge in [0.05, 0.1) is 0 Å². The molecule has 6 nitrogen and oxygen atoms in total. The van der Waals surface area contributed by atoms with E-state index in [9.17, 15) is 18.0 Å². The van der Waals surface area contributed by atoms with Crippen molar-refractivity contribution in [1.29, 1.82) is 0 Å². The van der Waals surface area contributed by atoms with Crippen LogP contribution in [-0.2, 0) is 11.0 Å². The van der Waals surface area contributed by atoms with Gasteiger partial charge in [0.2, 0.25) is 5.91 Å². The molecule has 2 heterocycles. The lowest BCUT2D eigenvalue weighted by molar-refractivity contribution is -0.141. The average Bonchev–Trinajstić information content (AvgIpc) is 2.53. The molecule has 0 aromatic carbocycles. The maximum atomic E-state index is 13.1. The molecule has 24 heavy (non-hydrogen) atoms. The first kappa shape index (κ1) is 17.6. The number of carbonyl (C=O) groups is 1. The minimum Gasteiger partial charge on any atom is -0.358 e. The number of hydrogen-bond donors (Lipinski definition) is 1. The number of amides is 1. The van der Waals surface area contributed by atoms with Gasteiger partial charge in [-0.1, -0.05) is 0 Å². The van der Waals surface area contributed by atoms with Crippen LogP contribution < -0.4 is 5.32 Å². The summed E-state index contributed by atoms with van der Waals surface area (Å²) in [6.07, 6.45) is -1.76. The van der Waals surface area contributed by atoms with E-state index in [1.54, 1.807) is 21.0 Å². The summed E-state index contributed by atoms with van der Waals surface area (Å²) >= 11 is 0. The van der Waals surface area contributed by atoms with Gasteiger partial charge in [-0.2, -0.15) is 13.2 Å². The van der Waals surface area contributed by atoms with Crippen molar-refractivity contribution < 1.29 is 18.0 Å². The van der Waals surface area contributed by atoms with Gasteiger partial charge >= 0.3 is 6.18 Å². The predicted octanol–water partition coefficient (Wildman–Crippen LogP) is 2.45. The quantitative estimate of drug-likeness (QED) is 0.926. The predicted molar refractivity (Wildman–Crippen MR) is 82.0 cm³/mol. The molecule has 1 N–H and O–H groups in total. The van der Waals surface area contributed by atoms with E-state index in [-0.39, 0.29) is 17.5 Å². The molecule has 9 heteroatoms. The fourth-order valence-electron chi connectivity index (χ4n) is 1.97. The fourth-order valence-corrected chi connectivity index (χ4v) is 1.97. The second-order valence-electron chi connectivity index (χ2n) is 5.29. The normalized spacial score (nSPS) is 12.6. The zero-order valence-electron chi connectivity index (χ0n) is 13.3. The van der Waals surface area contributed by atoms with Crippen LogP contribution in [0.1, 0.15) is 12.6 Å². The molecule has 1 atom stereocenters. The van der Waals surface area contributed by atoms with Gasteiger partial charge in [-0.05, 0) is 19.1 Å². The van der Waals surface area contributed by atoms with Gasteiger partial charge in [0.1, 0.15) is 11.9 Å². The molecule has 0 aliphatic heterocycles. The van der Waals surface area contributed by atoms with Crippen LogP contribution in [0, 0.1) is 0 Å². The maximum absolute atomic E-state index is 13.1. The van der Waals surface area contributed by atoms with Crippen LogP contribution in [0.5, 0.6) is 0 Å². The summed E-state index contributed by atoms with van der Waals surface area (Å²) in [6.45, 7) is 1.55. The van der Waals surface area contributed by atoms with Gasteiger partial charge in [0, 0.05) is 38.1 Å². The van der Waals surface area contributed by atoms with Crippen LogP contribution in [0.4, 0.5) is 19.0 Å². The summed E-state index contributed by atoms with van der Waals surface area (Å²) in [5.41, 5.74) is -0.693. The van der Waals surface area contributed by atoms with Gasteiger partial charge in [0.15, 0.2) is 11.5 Å². The van der Waals surface area contributed by atoms with Gasteiger partial charge in [0.25, 0.3) is 0 Å². The summed E-state index contributed by atoms with van der Waals surface area (Å²) in [5, 5.41) is 2.69. The third-order valence-electron chi connectivity index (χ3n) is 3.13. The van der Waals surface area contributed by atoms with Gasteiger partial charge in [-0.3, -0.25) is 9.78 Å². The summed E-state index contributed by atoms with van der Waals surface area (Å²) in [6, 6.07) is 3.06. The molecule has 0 saturated carbocycles. The number of pyridine rings is 1. The topological polar surface area (TPSA) is 71.0 Å². The largest absolute Gasteiger partial charge is 0.433 e. The Hall–Kier alpha value is -2.71. The molecule has 2 aromatic rings. The summed E-state index contributed by atoms with van der Waals surface area (Å²) in [7, 11) is 3.12. The first-order valence-electron chi connectivity index (χ1n) is 7.03. The number of nitrogens with zero attached hydrogens (tertiary/aromatic N) is 4. The van der Waals surface area contributed by atoms with Gasteiger partial charge < -0.3 is 10.2 Å². The first-order chi connectivity index (χ1) is 11.2. The molecule has 1 amide bonds. The first-order valence-corrected chi connectivity index (χ1v) is 7.03. The molecule has 0 bridgehead atoms. The molecule has 0 fully saturated rings. The van der Waals surface area contributed by atoms with E-state index in [1.807, 2.05) is 0 Å². The number of anilines is 1. The summed E-state index contributed by atoms with van der Waals surface area (Å²) in [5.74, 6) is -0.460. The van der Waals surface area contributed by atoms with E-state index >= 15 is 0 Å². The number of aromatic nitrogens is 3. The lowest BCUT2D eigenvalue weighted by Gasteiger charge is -2.19. The molecule has 2 aromatic heterocycles. The Kier molecular flexibility index (Phi) is 5.01. The monoisotopic (exact) mass is 339 g/mol. The SMILES string of the molecule is C[C@H](Nc1cc(C(F)(F)F)nc(-c2ccncc2)n1)C(=O)N(C)C. The van der Waals surface area contributed by atoms with Crippen LogP contribution in [-0.4, -0.2) is 45.9 Å². The Morgan fingerprint density at radius 2 is 1.83 bits per heavy atom. The third-order valence-corrected chi connectivity index (χ3v) is 3.13. The lowest BCUT2D eigenvalue weighted by atomic mass is 10.2. The molecule has 0 saturated heterocycles. The Balaban J connectivity index is 2.42. The van der Waals surface area contributed by atoms with Crippen LogP contribution in [0.15, 0.2) is 30.6 Å². The Morgan fingerprint density at radius 3 is 2.38 bits per heavy atom. The Bertz CT molecular complexity index is 719. The smallest absolute Gasteiger partial charge is 0.358 e. The number of halogens is 3. The molecule has 0 spiro atoms. The van der Waals surface area contributed by atoms with Crippen molar-refractivity contribution in [2.75, 3.05) is 19.4 Å². The highest BCUT2D eigenvalue weighted by atomic mass is 19.4. The summed E-state index contributed by atoms with van der Waals surface area (Å²) < 4.78 is 39.2. The van der Waals surface area contributed by atoms with Crippen molar-refractivity contribution in [3.63, 3.8) is 0 Å². The van der Waals surface area contributed by atoms with Crippen LogP contribution in [0.2, 0.25) is 0 Å². The molecule has 128 valence electrons. The number of hydrogen-bond acceptors (Lipinski definition) is 5. The molecule has 0 aliphatic carbocycles. The van der Waals surface area contributed by atoms with Crippen molar-refractivity contribution in [3.8, 4) is 11.4 Å². The number of likely N-dealkylation sites (N-methyl/N-ethyl adjacent to an activating group) is 1. The number of alkyl halides is 3. The van der Waals surface area contributed by atoms with E-state index in [1.165, 1.54) is 29.4 Å². The fraction of sp³-hybridized carbons (Fsp3) is 0.333. The van der Waals surface area contributed by atoms with E-state index in [0.717, 1.165) is 6.07 Å². The van der Waals surface area contributed by atoms with Crippen LogP contribution >= 0.6 is 0 Å². The van der Waals surface area contributed by atoms with Gasteiger partial charge in [-0.25, -0.2) is 9.97 Å². The molecular formula is C15H16F3N5O. The van der Waals surface area contributed by atoms with Crippen molar-refractivity contribution in [3.05, 3.63) is 36.3 Å². The molecule has 0 aliphatic rings. The Morgan fingerprint density at radius 1 is 1.21 bits per heavy atom. The maximum Gasteiger partial charge on any atom is 0.433 e. The number of carbonyl (C=O) groups excluding carboxylic acids is 1. The van der Waals surface area contributed by atoms with Crippen LogP contribution in [0.3, 0.4) is 0 Å². The highest BCUT2D eigenvalue weighted by Gasteiger charge is 2.34. The highest BCUT2D eigenvalue weighted by molar-refractivity contribution is 5.83. The zero-order chi connectivity index (χ0) is 17.9. The standard InChI is InChI=1S/C15H16F3N5O/c1-9(14(24)23(2)3)20-12-8-11(15(16,17)18)21-13(22-12)10-4-6-19-7-5-10/h4-9H,1-3H3,(H,20,21,22)/t9-/m0/s1. The molecular weight excluding hydrogens is 323 g/mol. The van der Waals surface area contributed by atoms with Crippen molar-refractivity contribution in [2.24, 2.45) is 0 Å². The van der Waals surface area contributed by atoms with Crippen molar-refractivity contribution in [1.82, 2.24) is 19.9 Å². The van der Waals surface area contributed by atoms with E-state index in [4.69, 9.17) is 0 Å². The second kappa shape index (κ2) is 6.81. The molecule has 2 rings (SSSR count). The van der Waals surface area contributed by atoms with Crippen LogP contribution in [0.25, 0.3) is 11.4 Å². The average molecular weight is 339 g/mol. The van der Waals surface area contributed by atoms with Crippen molar-refractivity contribution >= 4 is 11.7 Å². The van der Waals surface area contributed by atoms with E-state index in [2.05, 4.69) is 20.3 Å². The minimum absolute atomic E-state index is 0.0770. The van der Waals surface area contributed by atoms with E-state index < -0.39 is 17.9 Å². The second-order valence-corrected chi connectivity index (χ2v) is 5.29. The number of rotatable bonds is 4. The molecule has 0 radical (unpaired) electrons. The summed E-state index contributed by atoms with van der Waals surface area (Å²) in [4.78, 5) is 24.7.